The molecule has 0 aromatic heterocycles. The first-order valence-electron chi connectivity index (χ1n) is 12.7. The maximum atomic E-state index is 13.3. The molecule has 5 rings (SSSR count). The lowest BCUT2D eigenvalue weighted by Gasteiger charge is -2.50. The molecule has 41 heavy (non-hydrogen) atoms. The van der Waals surface area contributed by atoms with Gasteiger partial charge in [0.05, 0.1) is 19.1 Å². The number of halogens is 1. The van der Waals surface area contributed by atoms with E-state index >= 15 is 0 Å². The summed E-state index contributed by atoms with van der Waals surface area (Å²) in [6.07, 6.45) is -0.167. The summed E-state index contributed by atoms with van der Waals surface area (Å²) >= 11 is 7.34. The number of nitrogens with one attached hydrogen (secondary N) is 1. The maximum Gasteiger partial charge on any atom is 0.352 e. The van der Waals surface area contributed by atoms with E-state index in [0.717, 1.165) is 10.5 Å². The van der Waals surface area contributed by atoms with Crippen molar-refractivity contribution in [3.63, 3.8) is 0 Å². The van der Waals surface area contributed by atoms with Crippen LogP contribution in [0.4, 0.5) is 5.69 Å². The lowest BCUT2D eigenvalue weighted by Crippen LogP contribution is -2.71. The van der Waals surface area contributed by atoms with Crippen LogP contribution in [0, 0.1) is 5.92 Å². The molecule has 2 unspecified atom stereocenters. The van der Waals surface area contributed by atoms with Crippen LogP contribution in [0.25, 0.3) is 0 Å². The summed E-state index contributed by atoms with van der Waals surface area (Å²) < 4.78 is 10.2. The van der Waals surface area contributed by atoms with Crippen LogP contribution in [-0.2, 0) is 28.7 Å². The number of benzene rings is 2. The number of anilines is 1. The minimum absolute atomic E-state index is 0.167. The van der Waals surface area contributed by atoms with E-state index in [4.69, 9.17) is 21.1 Å². The number of carboxylic acid groups (broad SMARTS) is 1. The van der Waals surface area contributed by atoms with E-state index in [2.05, 4.69) is 5.32 Å². The number of carboxylic acids is 1. The third kappa shape index (κ3) is 5.36. The van der Waals surface area contributed by atoms with Crippen molar-refractivity contribution in [2.75, 3.05) is 24.4 Å². The molecule has 3 aliphatic rings. The quantitative estimate of drug-likeness (QED) is 0.328. The van der Waals surface area contributed by atoms with Crippen molar-refractivity contribution in [2.24, 2.45) is 5.92 Å². The number of fused-ring (bicyclic) bond motifs is 1. The van der Waals surface area contributed by atoms with Crippen molar-refractivity contribution < 1.29 is 38.6 Å². The molecule has 2 saturated heterocycles. The number of ether oxygens (including phenoxy) is 2. The van der Waals surface area contributed by atoms with Crippen LogP contribution in [0.2, 0.25) is 5.02 Å². The zero-order chi connectivity index (χ0) is 29.4. The standard InChI is InChI=1S/C28H26ClN3O8S/c1-14(33)40-12-16-13-41-27-22(26(36)32(27)24(16)28(37)38)30-21(34)11-20-23(15-3-5-17(29)6-4-15)31(25(20)35)18-7-9-19(39-2)10-8-18/h3-10,20,22-23,27H,11-13H2,1-2H3,(H,30,34)(H,37,38)/t20?,22-,23?,27-/m1/s1. The highest BCUT2D eigenvalue weighted by atomic mass is 35.5. The number of amides is 3. The number of esters is 1. The average molecular weight is 600 g/mol. The minimum Gasteiger partial charge on any atom is -0.497 e. The van der Waals surface area contributed by atoms with Crippen molar-refractivity contribution in [2.45, 2.75) is 30.8 Å². The Bertz CT molecular complexity index is 1450. The smallest absolute Gasteiger partial charge is 0.352 e. The van der Waals surface area contributed by atoms with Gasteiger partial charge >= 0.3 is 11.9 Å². The van der Waals surface area contributed by atoms with Crippen LogP contribution < -0.4 is 15.0 Å². The fourth-order valence-electron chi connectivity index (χ4n) is 5.23. The van der Waals surface area contributed by atoms with Crippen LogP contribution in [0.5, 0.6) is 5.75 Å². The normalized spacial score (nSPS) is 23.3. The van der Waals surface area contributed by atoms with Gasteiger partial charge in [0.25, 0.3) is 5.91 Å². The summed E-state index contributed by atoms with van der Waals surface area (Å²) in [6, 6.07) is 12.7. The zero-order valence-corrected chi connectivity index (χ0v) is 23.6. The van der Waals surface area contributed by atoms with Gasteiger partial charge in [0, 0.05) is 35.4 Å². The summed E-state index contributed by atoms with van der Waals surface area (Å²) in [5.74, 6) is -3.04. The molecule has 2 N–H and O–H groups in total. The fraction of sp³-hybridized carbons (Fsp3) is 0.321. The van der Waals surface area contributed by atoms with Gasteiger partial charge in [0.1, 0.15) is 29.5 Å². The molecule has 0 radical (unpaired) electrons. The van der Waals surface area contributed by atoms with Gasteiger partial charge in [-0.1, -0.05) is 23.7 Å². The first kappa shape index (κ1) is 28.5. The molecule has 3 amide bonds. The van der Waals surface area contributed by atoms with Crippen molar-refractivity contribution >= 4 is 58.7 Å². The molecular formula is C28H26ClN3O8S. The Balaban J connectivity index is 1.30. The van der Waals surface area contributed by atoms with E-state index in [-0.39, 0.29) is 30.4 Å². The maximum absolute atomic E-state index is 13.3. The molecule has 214 valence electrons. The molecule has 0 bridgehead atoms. The Morgan fingerprint density at radius 3 is 2.34 bits per heavy atom. The van der Waals surface area contributed by atoms with Crippen LogP contribution in [0.3, 0.4) is 0 Å². The van der Waals surface area contributed by atoms with Crippen LogP contribution >= 0.6 is 23.4 Å². The topological polar surface area (TPSA) is 143 Å². The molecule has 2 aromatic carbocycles. The number of β-lactam (4-membered cyclic amide) rings is 2. The van der Waals surface area contributed by atoms with E-state index in [1.165, 1.54) is 18.7 Å². The molecule has 11 nitrogen and oxygen atoms in total. The van der Waals surface area contributed by atoms with Gasteiger partial charge in [0.2, 0.25) is 11.8 Å². The van der Waals surface area contributed by atoms with Crippen molar-refractivity contribution in [3.05, 3.63) is 70.4 Å². The van der Waals surface area contributed by atoms with E-state index in [9.17, 15) is 29.1 Å². The SMILES string of the molecule is COc1ccc(N2C(=O)C(CC(=O)N[C@@H]3C(=O)N4C(C(=O)O)=C(COC(C)=O)CS[C@H]34)C2c2ccc(Cl)cc2)cc1. The molecular weight excluding hydrogens is 574 g/mol. The van der Waals surface area contributed by atoms with Gasteiger partial charge in [-0.05, 0) is 42.0 Å². The number of methoxy groups -OCH3 is 1. The van der Waals surface area contributed by atoms with Crippen molar-refractivity contribution in [3.8, 4) is 5.75 Å². The Morgan fingerprint density at radius 2 is 1.73 bits per heavy atom. The monoisotopic (exact) mass is 599 g/mol. The zero-order valence-electron chi connectivity index (χ0n) is 22.0. The van der Waals surface area contributed by atoms with Crippen molar-refractivity contribution in [1.29, 1.82) is 0 Å². The second-order valence-corrected chi connectivity index (χ2v) is 11.2. The second-order valence-electron chi connectivity index (χ2n) is 9.71. The van der Waals surface area contributed by atoms with Gasteiger partial charge in [-0.3, -0.25) is 24.1 Å². The summed E-state index contributed by atoms with van der Waals surface area (Å²) in [5, 5.41) is 12.3. The highest BCUT2D eigenvalue weighted by molar-refractivity contribution is 8.00. The number of carbonyl (C=O) groups is 5. The molecule has 0 aliphatic carbocycles. The van der Waals surface area contributed by atoms with Gasteiger partial charge in [-0.25, -0.2) is 4.79 Å². The highest BCUT2D eigenvalue weighted by Crippen LogP contribution is 2.46. The lowest BCUT2D eigenvalue weighted by atomic mass is 9.79. The average Bonchev–Trinajstić information content (AvgIpc) is 2.96. The van der Waals surface area contributed by atoms with Crippen LogP contribution in [0.1, 0.15) is 24.9 Å². The number of hydrogen-bond acceptors (Lipinski definition) is 8. The van der Waals surface area contributed by atoms with Gasteiger partial charge in [-0.15, -0.1) is 11.8 Å². The van der Waals surface area contributed by atoms with E-state index in [1.54, 1.807) is 60.5 Å². The number of rotatable bonds is 9. The fourth-order valence-corrected chi connectivity index (χ4v) is 6.69. The Morgan fingerprint density at radius 1 is 1.05 bits per heavy atom. The third-order valence-corrected chi connectivity index (χ3v) is 8.79. The first-order valence-corrected chi connectivity index (χ1v) is 14.1. The second kappa shape index (κ2) is 11.5. The Hall–Kier alpha value is -4.03. The molecule has 4 atom stereocenters. The minimum atomic E-state index is -1.32. The number of thioether (sulfide) groups is 1. The molecule has 3 aliphatic heterocycles. The summed E-state index contributed by atoms with van der Waals surface area (Å²) in [5.41, 5.74) is 1.51. The third-order valence-electron chi connectivity index (χ3n) is 7.20. The molecule has 0 saturated carbocycles. The van der Waals surface area contributed by atoms with E-state index < -0.39 is 47.1 Å². The molecule has 0 spiro atoms. The number of hydrogen-bond donors (Lipinski definition) is 2. The van der Waals surface area contributed by atoms with Crippen LogP contribution in [0.15, 0.2) is 59.8 Å². The van der Waals surface area contributed by atoms with Gasteiger partial charge in [0.15, 0.2) is 0 Å². The summed E-state index contributed by atoms with van der Waals surface area (Å²) in [4.78, 5) is 65.3. The highest BCUT2D eigenvalue weighted by Gasteiger charge is 2.55. The molecule has 2 aromatic rings. The largest absolute Gasteiger partial charge is 0.497 e. The predicted molar refractivity (Wildman–Crippen MR) is 149 cm³/mol. The summed E-state index contributed by atoms with van der Waals surface area (Å²) in [6.45, 7) is 0.971. The van der Waals surface area contributed by atoms with Crippen LogP contribution in [-0.4, -0.2) is 70.6 Å². The van der Waals surface area contributed by atoms with E-state index in [1.807, 2.05) is 0 Å². The van der Waals surface area contributed by atoms with E-state index in [0.29, 0.717) is 22.0 Å². The number of nitrogens with zero attached hydrogens (tertiary/aromatic N) is 2. The lowest BCUT2D eigenvalue weighted by molar-refractivity contribution is -0.151. The van der Waals surface area contributed by atoms with Gasteiger partial charge < -0.3 is 24.8 Å². The summed E-state index contributed by atoms with van der Waals surface area (Å²) in [7, 11) is 1.55. The van der Waals surface area contributed by atoms with Gasteiger partial charge in [-0.2, -0.15) is 0 Å². The molecule has 3 heterocycles. The number of carbonyl (C=O) groups excluding carboxylic acids is 4. The molecule has 2 fully saturated rings. The first-order chi connectivity index (χ1) is 19.6. The molecule has 13 heteroatoms. The number of aliphatic carboxylic acids is 1. The Labute approximate surface area is 244 Å². The predicted octanol–water partition coefficient (Wildman–Crippen LogP) is 2.74. The Kier molecular flexibility index (Phi) is 7.96. The van der Waals surface area contributed by atoms with Crippen molar-refractivity contribution in [1.82, 2.24) is 10.2 Å².